The van der Waals surface area contributed by atoms with Crippen LogP contribution in [0.5, 0.6) is 11.5 Å². The summed E-state index contributed by atoms with van der Waals surface area (Å²) in [5.41, 5.74) is 2.83. The second-order valence-electron chi connectivity index (χ2n) is 4.78. The Morgan fingerprint density at radius 1 is 1.48 bits per heavy atom. The van der Waals surface area contributed by atoms with Crippen LogP contribution in [0.4, 0.5) is 5.82 Å². The van der Waals surface area contributed by atoms with Gasteiger partial charge in [-0.15, -0.1) is 11.8 Å². The monoisotopic (exact) mass is 305 g/mol. The van der Waals surface area contributed by atoms with Gasteiger partial charge in [-0.3, -0.25) is 9.89 Å². The van der Waals surface area contributed by atoms with Crippen LogP contribution in [0.3, 0.4) is 0 Å². The molecule has 1 atom stereocenters. The van der Waals surface area contributed by atoms with Gasteiger partial charge in [0, 0.05) is 11.3 Å². The number of aromatic hydroxyl groups is 1. The number of phenolic OH excluding ortho intramolecular Hbond substituents is 1. The first-order chi connectivity index (χ1) is 10.1. The van der Waals surface area contributed by atoms with Crippen molar-refractivity contribution >= 4 is 23.5 Å². The average Bonchev–Trinajstić information content (AvgIpc) is 2.73. The van der Waals surface area contributed by atoms with Gasteiger partial charge in [-0.2, -0.15) is 5.10 Å². The van der Waals surface area contributed by atoms with Crippen molar-refractivity contribution in [2.45, 2.75) is 12.2 Å². The standard InChI is InChI=1S/C14H15N3O3S/c1-7-12-13(8-3-4-9(18)10(5-8)20-2)21-6-11(19)15-14(12)17-16-7/h3-5,13,18H,6H2,1-2H3,(H2,15,16,17,19)/t13-/m0/s1. The Hall–Kier alpha value is -2.15. The number of carbonyl (C=O) groups excluding carboxylic acids is 1. The van der Waals surface area contributed by atoms with Crippen molar-refractivity contribution in [3.05, 3.63) is 35.0 Å². The number of aromatic amines is 1. The van der Waals surface area contributed by atoms with Crippen molar-refractivity contribution in [3.63, 3.8) is 0 Å². The average molecular weight is 305 g/mol. The lowest BCUT2D eigenvalue weighted by atomic mass is 10.0. The van der Waals surface area contributed by atoms with E-state index < -0.39 is 0 Å². The van der Waals surface area contributed by atoms with Crippen LogP contribution in [0.15, 0.2) is 18.2 Å². The fraction of sp³-hybridized carbons (Fsp3) is 0.286. The summed E-state index contributed by atoms with van der Waals surface area (Å²) >= 11 is 1.52. The number of hydrogen-bond donors (Lipinski definition) is 3. The zero-order valence-electron chi connectivity index (χ0n) is 11.6. The van der Waals surface area contributed by atoms with Gasteiger partial charge in [-0.05, 0) is 24.6 Å². The highest BCUT2D eigenvalue weighted by atomic mass is 32.2. The van der Waals surface area contributed by atoms with Crippen molar-refractivity contribution in [1.29, 1.82) is 0 Å². The maximum atomic E-state index is 11.8. The Balaban J connectivity index is 2.09. The van der Waals surface area contributed by atoms with E-state index in [1.807, 2.05) is 13.0 Å². The molecular formula is C14H15N3O3S. The SMILES string of the molecule is COc1cc([C@@H]2SCC(=O)Nc3n[nH]c(C)c32)ccc1O. The molecule has 0 aliphatic carbocycles. The predicted octanol–water partition coefficient (Wildman–Crippen LogP) is 2.21. The number of methoxy groups -OCH3 is 1. The molecule has 7 heteroatoms. The Bertz CT molecular complexity index is 699. The van der Waals surface area contributed by atoms with Crippen molar-refractivity contribution in [1.82, 2.24) is 10.2 Å². The summed E-state index contributed by atoms with van der Waals surface area (Å²) in [7, 11) is 1.51. The van der Waals surface area contributed by atoms with Crippen LogP contribution in [0, 0.1) is 6.92 Å². The number of thioether (sulfide) groups is 1. The first kappa shape index (κ1) is 13.8. The molecule has 0 radical (unpaired) electrons. The van der Waals surface area contributed by atoms with E-state index in [1.54, 1.807) is 12.1 Å². The Labute approximate surface area is 125 Å². The summed E-state index contributed by atoms with van der Waals surface area (Å²) < 4.78 is 5.16. The summed E-state index contributed by atoms with van der Waals surface area (Å²) in [6.07, 6.45) is 0. The van der Waals surface area contributed by atoms with Crippen LogP contribution in [-0.4, -0.2) is 34.1 Å². The Kier molecular flexibility index (Phi) is 3.50. The molecule has 0 fully saturated rings. The molecule has 1 aromatic carbocycles. The zero-order valence-corrected chi connectivity index (χ0v) is 12.5. The van der Waals surface area contributed by atoms with Gasteiger partial charge < -0.3 is 15.2 Å². The summed E-state index contributed by atoms with van der Waals surface area (Å²) in [6.45, 7) is 1.93. The molecule has 0 spiro atoms. The highest BCUT2D eigenvalue weighted by Crippen LogP contribution is 2.43. The van der Waals surface area contributed by atoms with Gasteiger partial charge in [0.2, 0.25) is 5.91 Å². The molecule has 110 valence electrons. The number of nitrogens with zero attached hydrogens (tertiary/aromatic N) is 1. The number of H-pyrrole nitrogens is 1. The minimum atomic E-state index is -0.0685. The zero-order chi connectivity index (χ0) is 15.0. The first-order valence-corrected chi connectivity index (χ1v) is 7.48. The molecule has 0 unspecified atom stereocenters. The number of carbonyl (C=O) groups is 1. The van der Waals surface area contributed by atoms with Crippen molar-refractivity contribution in [3.8, 4) is 11.5 Å². The number of fused-ring (bicyclic) bond motifs is 1. The molecule has 3 N–H and O–H groups in total. The van der Waals surface area contributed by atoms with Crippen LogP contribution in [0.1, 0.15) is 22.1 Å². The van der Waals surface area contributed by atoms with E-state index in [0.29, 0.717) is 17.3 Å². The van der Waals surface area contributed by atoms with Crippen LogP contribution in [-0.2, 0) is 4.79 Å². The van der Waals surface area contributed by atoms with Gasteiger partial charge in [-0.25, -0.2) is 0 Å². The highest BCUT2D eigenvalue weighted by Gasteiger charge is 2.28. The van der Waals surface area contributed by atoms with Gasteiger partial charge >= 0.3 is 0 Å². The van der Waals surface area contributed by atoms with E-state index in [2.05, 4.69) is 15.5 Å². The molecule has 3 rings (SSSR count). The molecule has 0 saturated carbocycles. The number of anilines is 1. The van der Waals surface area contributed by atoms with Crippen LogP contribution < -0.4 is 10.1 Å². The predicted molar refractivity (Wildman–Crippen MR) is 80.9 cm³/mol. The molecule has 0 saturated heterocycles. The van der Waals surface area contributed by atoms with Gasteiger partial charge in [0.15, 0.2) is 17.3 Å². The molecule has 1 aliphatic heterocycles. The molecule has 0 bridgehead atoms. The molecule has 2 aromatic rings. The summed E-state index contributed by atoms with van der Waals surface area (Å²) in [5.74, 6) is 1.36. The third kappa shape index (κ3) is 2.44. The third-order valence-corrected chi connectivity index (χ3v) is 4.67. The number of rotatable bonds is 2. The van der Waals surface area contributed by atoms with Gasteiger partial charge in [0.05, 0.1) is 18.1 Å². The normalized spacial score (nSPS) is 17.8. The molecule has 1 aliphatic rings. The van der Waals surface area contributed by atoms with Gasteiger partial charge in [-0.1, -0.05) is 6.07 Å². The van der Waals surface area contributed by atoms with E-state index in [4.69, 9.17) is 4.74 Å². The maximum Gasteiger partial charge on any atom is 0.235 e. The van der Waals surface area contributed by atoms with Crippen molar-refractivity contribution in [2.24, 2.45) is 0 Å². The summed E-state index contributed by atoms with van der Waals surface area (Å²) in [4.78, 5) is 11.8. The van der Waals surface area contributed by atoms with E-state index in [0.717, 1.165) is 16.8 Å². The lowest BCUT2D eigenvalue weighted by Gasteiger charge is -2.16. The van der Waals surface area contributed by atoms with Crippen LogP contribution >= 0.6 is 11.8 Å². The van der Waals surface area contributed by atoms with Gasteiger partial charge in [0.1, 0.15) is 0 Å². The number of aryl methyl sites for hydroxylation is 1. The van der Waals surface area contributed by atoms with E-state index >= 15 is 0 Å². The smallest absolute Gasteiger partial charge is 0.235 e. The molecule has 2 heterocycles. The van der Waals surface area contributed by atoms with E-state index in [-0.39, 0.29) is 16.9 Å². The number of ether oxygens (including phenoxy) is 1. The summed E-state index contributed by atoms with van der Waals surface area (Å²) in [5, 5.41) is 19.5. The molecule has 6 nitrogen and oxygen atoms in total. The number of amides is 1. The topological polar surface area (TPSA) is 87.2 Å². The van der Waals surface area contributed by atoms with Crippen molar-refractivity contribution in [2.75, 3.05) is 18.2 Å². The lowest BCUT2D eigenvalue weighted by Crippen LogP contribution is -2.12. The Morgan fingerprint density at radius 3 is 3.05 bits per heavy atom. The number of hydrogen-bond acceptors (Lipinski definition) is 5. The lowest BCUT2D eigenvalue weighted by molar-refractivity contribution is -0.113. The van der Waals surface area contributed by atoms with E-state index in [9.17, 15) is 9.90 Å². The largest absolute Gasteiger partial charge is 0.504 e. The van der Waals surface area contributed by atoms with E-state index in [1.165, 1.54) is 18.9 Å². The fourth-order valence-corrected chi connectivity index (χ4v) is 3.57. The first-order valence-electron chi connectivity index (χ1n) is 6.43. The summed E-state index contributed by atoms with van der Waals surface area (Å²) in [6, 6.07) is 5.23. The molecule has 1 amide bonds. The Morgan fingerprint density at radius 2 is 2.29 bits per heavy atom. The number of aromatic nitrogens is 2. The second kappa shape index (κ2) is 5.33. The molecule has 21 heavy (non-hydrogen) atoms. The van der Waals surface area contributed by atoms with Crippen LogP contribution in [0.25, 0.3) is 0 Å². The highest BCUT2D eigenvalue weighted by molar-refractivity contribution is 8.00. The van der Waals surface area contributed by atoms with Crippen LogP contribution in [0.2, 0.25) is 0 Å². The minimum absolute atomic E-state index is 0.0489. The quantitative estimate of drug-likeness (QED) is 0.792. The fourth-order valence-electron chi connectivity index (χ4n) is 2.38. The number of benzene rings is 1. The number of phenols is 1. The minimum Gasteiger partial charge on any atom is -0.504 e. The second-order valence-corrected chi connectivity index (χ2v) is 5.87. The van der Waals surface area contributed by atoms with Gasteiger partial charge in [0.25, 0.3) is 0 Å². The molecular weight excluding hydrogens is 290 g/mol. The number of nitrogens with one attached hydrogen (secondary N) is 2. The third-order valence-electron chi connectivity index (χ3n) is 3.40. The maximum absolute atomic E-state index is 11.8. The molecule has 1 aromatic heterocycles. The van der Waals surface area contributed by atoms with Crippen molar-refractivity contribution < 1.29 is 14.6 Å².